The van der Waals surface area contributed by atoms with Gasteiger partial charge in [-0.3, -0.25) is 9.48 Å². The molecule has 0 radical (unpaired) electrons. The standard InChI is InChI=1S/C21H20F5N5O2/c1-2-15(29-12-8-28-31(9-12)13-6-20(22,23)7-13)17-14-5-11(3-4-16(14)30-19(17)33)18(32)27-10-21(24,25)26/h3-5,8-9,13,30,33H,2,6-7,10H2,1H3,(H,27,32). The van der Waals surface area contributed by atoms with E-state index in [1.165, 1.54) is 35.3 Å². The molecule has 1 aromatic carbocycles. The van der Waals surface area contributed by atoms with Crippen molar-refractivity contribution in [1.29, 1.82) is 0 Å². The fourth-order valence-electron chi connectivity index (χ4n) is 3.76. The van der Waals surface area contributed by atoms with Gasteiger partial charge in [-0.1, -0.05) is 6.92 Å². The molecule has 0 bridgehead atoms. The molecule has 0 atom stereocenters. The number of hydrogen-bond acceptors (Lipinski definition) is 4. The topological polar surface area (TPSA) is 95.3 Å². The van der Waals surface area contributed by atoms with Crippen LogP contribution >= 0.6 is 0 Å². The molecule has 1 fully saturated rings. The fourth-order valence-corrected chi connectivity index (χ4v) is 3.76. The zero-order chi connectivity index (χ0) is 24.0. The van der Waals surface area contributed by atoms with Crippen molar-refractivity contribution in [1.82, 2.24) is 20.1 Å². The van der Waals surface area contributed by atoms with Crippen molar-refractivity contribution >= 4 is 28.2 Å². The van der Waals surface area contributed by atoms with E-state index in [2.05, 4.69) is 15.1 Å². The van der Waals surface area contributed by atoms with E-state index >= 15 is 0 Å². The molecule has 0 saturated heterocycles. The van der Waals surface area contributed by atoms with E-state index in [0.29, 0.717) is 34.3 Å². The van der Waals surface area contributed by atoms with Gasteiger partial charge < -0.3 is 15.4 Å². The van der Waals surface area contributed by atoms with Crippen molar-refractivity contribution in [3.05, 3.63) is 41.7 Å². The Balaban J connectivity index is 1.64. The molecule has 1 aliphatic carbocycles. The maximum absolute atomic E-state index is 13.1. The van der Waals surface area contributed by atoms with Crippen LogP contribution in [0.1, 0.15) is 48.1 Å². The normalized spacial score (nSPS) is 16.7. The SMILES string of the molecule is CCC(=Nc1cnn(C2CC(F)(F)C2)c1)c1c(O)[nH]c2ccc(C(=O)NCC(F)(F)F)cc12. The van der Waals surface area contributed by atoms with E-state index in [0.717, 1.165) is 0 Å². The highest BCUT2D eigenvalue weighted by Gasteiger charge is 2.46. The van der Waals surface area contributed by atoms with Crippen LogP contribution < -0.4 is 5.32 Å². The second-order valence-electron chi connectivity index (χ2n) is 7.92. The highest BCUT2D eigenvalue weighted by atomic mass is 19.4. The Bertz CT molecular complexity index is 1220. The summed E-state index contributed by atoms with van der Waals surface area (Å²) in [5.74, 6) is -3.81. The Morgan fingerprint density at radius 3 is 2.73 bits per heavy atom. The molecule has 0 aliphatic heterocycles. The van der Waals surface area contributed by atoms with Crippen LogP contribution in [0.4, 0.5) is 27.6 Å². The number of H-pyrrole nitrogens is 1. The van der Waals surface area contributed by atoms with Crippen molar-refractivity contribution in [3.8, 4) is 5.88 Å². The summed E-state index contributed by atoms with van der Waals surface area (Å²) < 4.78 is 64.9. The summed E-state index contributed by atoms with van der Waals surface area (Å²) >= 11 is 0. The zero-order valence-corrected chi connectivity index (χ0v) is 17.4. The number of halogens is 5. The lowest BCUT2D eigenvalue weighted by atomic mass is 9.88. The van der Waals surface area contributed by atoms with Crippen LogP contribution in [-0.2, 0) is 0 Å². The summed E-state index contributed by atoms with van der Waals surface area (Å²) in [5.41, 5.74) is 1.56. The van der Waals surface area contributed by atoms with Crippen molar-refractivity contribution in [2.24, 2.45) is 4.99 Å². The number of rotatable bonds is 6. The van der Waals surface area contributed by atoms with E-state index in [-0.39, 0.29) is 24.3 Å². The monoisotopic (exact) mass is 469 g/mol. The van der Waals surface area contributed by atoms with Crippen LogP contribution in [0.25, 0.3) is 10.9 Å². The minimum Gasteiger partial charge on any atom is -0.494 e. The van der Waals surface area contributed by atoms with E-state index in [9.17, 15) is 31.9 Å². The van der Waals surface area contributed by atoms with Gasteiger partial charge in [-0.25, -0.2) is 13.8 Å². The summed E-state index contributed by atoms with van der Waals surface area (Å²) in [6, 6.07) is 3.78. The summed E-state index contributed by atoms with van der Waals surface area (Å²) in [6.07, 6.45) is -1.80. The number of carbonyl (C=O) groups is 1. The number of aliphatic imine (C=N–C) groups is 1. The first-order chi connectivity index (χ1) is 15.5. The molecule has 0 spiro atoms. The number of fused-ring (bicyclic) bond motifs is 1. The number of nitrogens with zero attached hydrogens (tertiary/aromatic N) is 3. The van der Waals surface area contributed by atoms with Gasteiger partial charge in [-0.15, -0.1) is 0 Å². The molecular weight excluding hydrogens is 449 g/mol. The smallest absolute Gasteiger partial charge is 0.405 e. The first kappa shape index (κ1) is 22.7. The largest absolute Gasteiger partial charge is 0.494 e. The lowest BCUT2D eigenvalue weighted by molar-refractivity contribution is -0.123. The number of nitrogens with one attached hydrogen (secondary N) is 2. The van der Waals surface area contributed by atoms with Crippen molar-refractivity contribution < 1.29 is 31.9 Å². The molecule has 3 aromatic rings. The number of alkyl halides is 5. The molecule has 4 rings (SSSR count). The first-order valence-corrected chi connectivity index (χ1v) is 10.2. The second kappa shape index (κ2) is 8.16. The number of aromatic hydroxyl groups is 1. The van der Waals surface area contributed by atoms with Crippen LogP contribution in [0.2, 0.25) is 0 Å². The third-order valence-electron chi connectivity index (χ3n) is 5.41. The molecule has 12 heteroatoms. The van der Waals surface area contributed by atoms with Gasteiger partial charge in [0.2, 0.25) is 0 Å². The fraction of sp³-hybridized carbons (Fsp3) is 0.381. The average Bonchev–Trinajstić information content (AvgIpc) is 3.30. The van der Waals surface area contributed by atoms with Crippen LogP contribution in [0, 0.1) is 0 Å². The highest BCUT2D eigenvalue weighted by molar-refractivity contribution is 6.14. The Hall–Kier alpha value is -3.44. The van der Waals surface area contributed by atoms with Crippen LogP contribution in [0.3, 0.4) is 0 Å². The molecule has 33 heavy (non-hydrogen) atoms. The average molecular weight is 469 g/mol. The minimum absolute atomic E-state index is 0.0128. The Kier molecular flexibility index (Phi) is 5.62. The Morgan fingerprint density at radius 1 is 1.36 bits per heavy atom. The predicted molar refractivity (Wildman–Crippen MR) is 110 cm³/mol. The van der Waals surface area contributed by atoms with Gasteiger partial charge in [0, 0.05) is 29.3 Å². The molecule has 2 aromatic heterocycles. The van der Waals surface area contributed by atoms with Gasteiger partial charge in [0.05, 0.1) is 29.7 Å². The highest BCUT2D eigenvalue weighted by Crippen LogP contribution is 2.45. The van der Waals surface area contributed by atoms with Gasteiger partial charge in [-0.2, -0.15) is 18.3 Å². The van der Waals surface area contributed by atoms with E-state index in [1.54, 1.807) is 6.92 Å². The third kappa shape index (κ3) is 4.83. The third-order valence-corrected chi connectivity index (χ3v) is 5.41. The molecule has 176 valence electrons. The van der Waals surface area contributed by atoms with E-state index < -0.39 is 30.6 Å². The van der Waals surface area contributed by atoms with E-state index in [1.807, 2.05) is 5.32 Å². The number of aromatic amines is 1. The summed E-state index contributed by atoms with van der Waals surface area (Å²) in [6.45, 7) is 0.321. The lowest BCUT2D eigenvalue weighted by Gasteiger charge is -2.34. The molecule has 1 saturated carbocycles. The van der Waals surface area contributed by atoms with Gasteiger partial charge in [0.1, 0.15) is 12.2 Å². The number of aromatic nitrogens is 3. The molecule has 1 amide bonds. The maximum atomic E-state index is 13.1. The van der Waals surface area contributed by atoms with Crippen LogP contribution in [-0.4, -0.2) is 50.1 Å². The van der Waals surface area contributed by atoms with Crippen molar-refractivity contribution in [2.45, 2.75) is 44.3 Å². The van der Waals surface area contributed by atoms with Gasteiger partial charge >= 0.3 is 6.18 Å². The number of amides is 1. The van der Waals surface area contributed by atoms with Gasteiger partial charge in [-0.05, 0) is 24.6 Å². The number of benzene rings is 1. The number of carbonyl (C=O) groups excluding carboxylic acids is 1. The molecular formula is C21H20F5N5O2. The minimum atomic E-state index is -4.54. The molecule has 3 N–H and O–H groups in total. The first-order valence-electron chi connectivity index (χ1n) is 10.2. The van der Waals surface area contributed by atoms with Gasteiger partial charge in [0.15, 0.2) is 5.88 Å². The molecule has 2 heterocycles. The molecule has 0 unspecified atom stereocenters. The van der Waals surface area contributed by atoms with Crippen molar-refractivity contribution in [3.63, 3.8) is 0 Å². The zero-order valence-electron chi connectivity index (χ0n) is 17.4. The lowest BCUT2D eigenvalue weighted by Crippen LogP contribution is -2.37. The molecule has 1 aliphatic rings. The van der Waals surface area contributed by atoms with Crippen LogP contribution in [0.15, 0.2) is 35.6 Å². The van der Waals surface area contributed by atoms with Gasteiger partial charge in [0.25, 0.3) is 11.8 Å². The van der Waals surface area contributed by atoms with E-state index in [4.69, 9.17) is 0 Å². The van der Waals surface area contributed by atoms with Crippen molar-refractivity contribution in [2.75, 3.05) is 6.54 Å². The quantitative estimate of drug-likeness (QED) is 0.355. The summed E-state index contributed by atoms with van der Waals surface area (Å²) in [7, 11) is 0. The number of hydrogen-bond donors (Lipinski definition) is 3. The Morgan fingerprint density at radius 2 is 2.09 bits per heavy atom. The van der Waals surface area contributed by atoms with Crippen LogP contribution in [0.5, 0.6) is 5.88 Å². The molecule has 7 nitrogen and oxygen atoms in total. The predicted octanol–water partition coefficient (Wildman–Crippen LogP) is 4.86. The maximum Gasteiger partial charge on any atom is 0.405 e. The summed E-state index contributed by atoms with van der Waals surface area (Å²) in [5, 5.41) is 16.8. The second-order valence-corrected chi connectivity index (χ2v) is 7.92. The summed E-state index contributed by atoms with van der Waals surface area (Å²) in [4.78, 5) is 19.4. The Labute approximate surface area is 184 Å².